The van der Waals surface area contributed by atoms with E-state index in [4.69, 9.17) is 4.74 Å². The number of hydrogen-bond donors (Lipinski definition) is 1. The Morgan fingerprint density at radius 2 is 1.90 bits per heavy atom. The van der Waals surface area contributed by atoms with Crippen LogP contribution in [0, 0.1) is 17.7 Å². The number of ether oxygens (including phenoxy) is 1. The van der Waals surface area contributed by atoms with E-state index in [1.807, 2.05) is 12.1 Å². The van der Waals surface area contributed by atoms with Gasteiger partial charge in [-0.15, -0.1) is 0 Å². The summed E-state index contributed by atoms with van der Waals surface area (Å²) < 4.78 is 18.4. The minimum Gasteiger partial charge on any atom is -0.497 e. The van der Waals surface area contributed by atoms with Gasteiger partial charge in [0.05, 0.1) is 13.0 Å². The van der Waals surface area contributed by atoms with E-state index in [1.54, 1.807) is 19.2 Å². The summed E-state index contributed by atoms with van der Waals surface area (Å²) >= 11 is 0. The van der Waals surface area contributed by atoms with E-state index in [-0.39, 0.29) is 17.6 Å². The van der Waals surface area contributed by atoms with Gasteiger partial charge in [0, 0.05) is 24.8 Å². The lowest BCUT2D eigenvalue weighted by Crippen LogP contribution is -2.41. The second-order valence-corrected chi connectivity index (χ2v) is 8.90. The van der Waals surface area contributed by atoms with Crippen molar-refractivity contribution >= 4 is 11.6 Å². The second-order valence-electron chi connectivity index (χ2n) is 8.90. The average Bonchev–Trinajstić information content (AvgIpc) is 3.18. The average molecular weight is 426 g/mol. The number of amides is 1. The molecule has 0 spiro atoms. The molecule has 0 saturated carbocycles. The normalized spacial score (nSPS) is 23.1. The summed E-state index contributed by atoms with van der Waals surface area (Å²) in [6, 6.07) is 14.7. The largest absolute Gasteiger partial charge is 0.497 e. The van der Waals surface area contributed by atoms with Crippen molar-refractivity contribution in [3.8, 4) is 5.75 Å². The highest BCUT2D eigenvalue weighted by atomic mass is 19.1. The maximum Gasteiger partial charge on any atom is 0.228 e. The Kier molecular flexibility index (Phi) is 6.88. The number of methoxy groups -OCH3 is 1. The maximum absolute atomic E-state index is 13.1. The number of anilines is 1. The molecule has 2 heterocycles. The quantitative estimate of drug-likeness (QED) is 0.760. The van der Waals surface area contributed by atoms with Crippen molar-refractivity contribution < 1.29 is 13.9 Å². The zero-order valence-corrected chi connectivity index (χ0v) is 18.4. The fourth-order valence-corrected chi connectivity index (χ4v) is 5.07. The summed E-state index contributed by atoms with van der Waals surface area (Å²) in [5, 5.41) is 2.95. The van der Waals surface area contributed by atoms with E-state index >= 15 is 0 Å². The number of carbonyl (C=O) groups is 1. The molecule has 0 radical (unpaired) electrons. The van der Waals surface area contributed by atoms with Gasteiger partial charge in [0.25, 0.3) is 0 Å². The lowest BCUT2D eigenvalue weighted by molar-refractivity contribution is -0.119. The highest BCUT2D eigenvalue weighted by Gasteiger charge is 2.39. The van der Waals surface area contributed by atoms with Gasteiger partial charge in [0.2, 0.25) is 5.91 Å². The zero-order chi connectivity index (χ0) is 21.8. The molecule has 31 heavy (non-hydrogen) atoms. The highest BCUT2D eigenvalue weighted by Crippen LogP contribution is 2.34. The molecule has 2 aliphatic rings. The van der Waals surface area contributed by atoms with Gasteiger partial charge >= 0.3 is 0 Å². The Labute approximate surface area is 184 Å². The number of piperidine rings is 1. The Bertz CT molecular complexity index is 881. The lowest BCUT2D eigenvalue weighted by Gasteiger charge is -2.37. The molecule has 2 saturated heterocycles. The van der Waals surface area contributed by atoms with Crippen LogP contribution in [0.5, 0.6) is 5.75 Å². The third kappa shape index (κ3) is 5.43. The number of hydrogen-bond acceptors (Lipinski definition) is 4. The van der Waals surface area contributed by atoms with Crippen LogP contribution in [0.3, 0.4) is 0 Å². The van der Waals surface area contributed by atoms with E-state index in [9.17, 15) is 9.18 Å². The molecule has 6 heteroatoms. The molecule has 2 aliphatic heterocycles. The number of likely N-dealkylation sites (tertiary alicyclic amines) is 2. The predicted molar refractivity (Wildman–Crippen MR) is 121 cm³/mol. The molecule has 2 aromatic carbocycles. The molecule has 2 fully saturated rings. The molecule has 1 amide bonds. The van der Waals surface area contributed by atoms with E-state index in [0.717, 1.165) is 51.2 Å². The van der Waals surface area contributed by atoms with Gasteiger partial charge in [-0.25, -0.2) is 4.39 Å². The van der Waals surface area contributed by atoms with Crippen molar-refractivity contribution in [3.63, 3.8) is 0 Å². The highest BCUT2D eigenvalue weighted by molar-refractivity contribution is 5.92. The number of nitrogens with zero attached hydrogens (tertiary/aromatic N) is 2. The number of carbonyl (C=O) groups excluding carboxylic acids is 1. The predicted octanol–water partition coefficient (Wildman–Crippen LogP) is 4.01. The Hall–Kier alpha value is -2.44. The van der Waals surface area contributed by atoms with Crippen LogP contribution < -0.4 is 10.1 Å². The fraction of sp³-hybridized carbons (Fsp3) is 0.480. The van der Waals surface area contributed by atoms with Crippen LogP contribution in [-0.2, 0) is 11.3 Å². The fourth-order valence-electron chi connectivity index (χ4n) is 5.07. The van der Waals surface area contributed by atoms with Crippen LogP contribution in [0.15, 0.2) is 48.5 Å². The van der Waals surface area contributed by atoms with Crippen molar-refractivity contribution in [2.24, 2.45) is 11.8 Å². The first-order valence-electron chi connectivity index (χ1n) is 11.1. The van der Waals surface area contributed by atoms with Crippen molar-refractivity contribution in [2.75, 3.05) is 39.1 Å². The maximum atomic E-state index is 13.1. The molecule has 4 rings (SSSR count). The van der Waals surface area contributed by atoms with Gasteiger partial charge in [-0.05, 0) is 87.3 Å². The number of halogens is 1. The van der Waals surface area contributed by atoms with Crippen molar-refractivity contribution in [1.82, 2.24) is 9.80 Å². The summed E-state index contributed by atoms with van der Waals surface area (Å²) in [6.07, 6.45) is 3.21. The SMILES string of the molecule is COc1cccc(CN2CCC([C@@H]3C[C@H](C(=O)Nc4ccc(F)cc4)CN3C)CC2)c1. The molecule has 166 valence electrons. The minimum atomic E-state index is -0.295. The first-order chi connectivity index (χ1) is 15.0. The molecule has 0 aromatic heterocycles. The molecule has 2 atom stereocenters. The monoisotopic (exact) mass is 425 g/mol. The number of nitrogens with one attached hydrogen (secondary N) is 1. The Morgan fingerprint density at radius 1 is 1.16 bits per heavy atom. The Balaban J connectivity index is 1.27. The topological polar surface area (TPSA) is 44.8 Å². The van der Waals surface area contributed by atoms with Crippen molar-refractivity contribution in [1.29, 1.82) is 0 Å². The third-order valence-corrected chi connectivity index (χ3v) is 6.80. The summed E-state index contributed by atoms with van der Waals surface area (Å²) in [4.78, 5) is 17.6. The van der Waals surface area contributed by atoms with E-state index in [2.05, 4.69) is 34.3 Å². The standard InChI is InChI=1S/C25H32FN3O2/c1-28-17-20(25(30)27-22-8-6-21(26)7-9-22)15-24(28)19-10-12-29(13-11-19)16-18-4-3-5-23(14-18)31-2/h3-9,14,19-20,24H,10-13,15-17H2,1-2H3,(H,27,30)/t20-,24-/m0/s1. The molecule has 0 unspecified atom stereocenters. The molecule has 2 aromatic rings. The van der Waals surface area contributed by atoms with Crippen LogP contribution in [0.25, 0.3) is 0 Å². The molecule has 0 bridgehead atoms. The number of rotatable bonds is 6. The minimum absolute atomic E-state index is 0.0186. The van der Waals surface area contributed by atoms with Gasteiger partial charge < -0.3 is 15.0 Å². The molecule has 1 N–H and O–H groups in total. The van der Waals surface area contributed by atoms with Crippen molar-refractivity contribution in [2.45, 2.75) is 31.8 Å². The van der Waals surface area contributed by atoms with Crippen LogP contribution in [0.4, 0.5) is 10.1 Å². The van der Waals surface area contributed by atoms with Gasteiger partial charge in [-0.3, -0.25) is 9.69 Å². The van der Waals surface area contributed by atoms with E-state index < -0.39 is 0 Å². The summed E-state index contributed by atoms with van der Waals surface area (Å²) in [6.45, 7) is 3.90. The number of benzene rings is 2. The summed E-state index contributed by atoms with van der Waals surface area (Å²) in [5.74, 6) is 1.25. The molecule has 0 aliphatic carbocycles. The molecular weight excluding hydrogens is 393 g/mol. The zero-order valence-electron chi connectivity index (χ0n) is 18.4. The summed E-state index contributed by atoms with van der Waals surface area (Å²) in [7, 11) is 3.84. The third-order valence-electron chi connectivity index (χ3n) is 6.80. The first kappa shape index (κ1) is 21.8. The first-order valence-corrected chi connectivity index (χ1v) is 11.1. The van der Waals surface area contributed by atoms with Gasteiger partial charge in [-0.2, -0.15) is 0 Å². The van der Waals surface area contributed by atoms with Gasteiger partial charge in [0.15, 0.2) is 0 Å². The van der Waals surface area contributed by atoms with Crippen LogP contribution >= 0.6 is 0 Å². The molecule has 5 nitrogen and oxygen atoms in total. The smallest absolute Gasteiger partial charge is 0.228 e. The summed E-state index contributed by atoms with van der Waals surface area (Å²) in [5.41, 5.74) is 1.94. The van der Waals surface area contributed by atoms with Crippen LogP contribution in [-0.4, -0.2) is 55.5 Å². The Morgan fingerprint density at radius 3 is 2.61 bits per heavy atom. The van der Waals surface area contributed by atoms with Crippen molar-refractivity contribution in [3.05, 3.63) is 59.9 Å². The van der Waals surface area contributed by atoms with E-state index in [0.29, 0.717) is 17.6 Å². The van der Waals surface area contributed by atoms with Gasteiger partial charge in [-0.1, -0.05) is 12.1 Å². The van der Waals surface area contributed by atoms with Crippen LogP contribution in [0.1, 0.15) is 24.8 Å². The second kappa shape index (κ2) is 9.79. The van der Waals surface area contributed by atoms with E-state index in [1.165, 1.54) is 17.7 Å². The molecular formula is C25H32FN3O2. The lowest BCUT2D eigenvalue weighted by atomic mass is 9.86. The van der Waals surface area contributed by atoms with Crippen LogP contribution in [0.2, 0.25) is 0 Å². The van der Waals surface area contributed by atoms with Gasteiger partial charge in [0.1, 0.15) is 11.6 Å².